The summed E-state index contributed by atoms with van der Waals surface area (Å²) >= 11 is 0. The molecule has 1 amide bonds. The van der Waals surface area contributed by atoms with Gasteiger partial charge in [-0.15, -0.1) is 24.0 Å². The number of rotatable bonds is 6. The van der Waals surface area contributed by atoms with Gasteiger partial charge < -0.3 is 24.6 Å². The van der Waals surface area contributed by atoms with Crippen molar-refractivity contribution in [2.45, 2.75) is 26.9 Å². The minimum Gasteiger partial charge on any atom is -0.450 e. The normalized spacial score (nSPS) is 17.8. The molecule has 1 aromatic rings. The number of piperazine rings is 1. The zero-order valence-corrected chi connectivity index (χ0v) is 21.0. The zero-order chi connectivity index (χ0) is 21.2. The van der Waals surface area contributed by atoms with Gasteiger partial charge in [0, 0.05) is 52.4 Å². The first-order valence-corrected chi connectivity index (χ1v) is 11.0. The summed E-state index contributed by atoms with van der Waals surface area (Å²) in [5.41, 5.74) is 2.58. The third kappa shape index (κ3) is 7.80. The lowest BCUT2D eigenvalue weighted by atomic mass is 10.1. The molecule has 0 aromatic heterocycles. The van der Waals surface area contributed by atoms with Gasteiger partial charge in [0.15, 0.2) is 5.96 Å². The van der Waals surface area contributed by atoms with Crippen molar-refractivity contribution >= 4 is 36.0 Å². The highest BCUT2D eigenvalue weighted by atomic mass is 127. The molecule has 0 aliphatic carbocycles. The van der Waals surface area contributed by atoms with E-state index < -0.39 is 0 Å². The number of morpholine rings is 1. The number of nitrogens with one attached hydrogen (secondary N) is 1. The zero-order valence-electron chi connectivity index (χ0n) is 18.7. The number of amides is 1. The molecule has 2 saturated heterocycles. The molecule has 0 spiro atoms. The standard InChI is InChI=1S/C22H35N5O3.HI/c1-3-23-21(26-9-11-27(12-10-26)22(28)30-4-2)24-17-19-7-5-6-8-20(19)18-25-13-15-29-16-14-25;/h5-8H,3-4,9-18H2,1-2H3,(H,23,24);1H. The summed E-state index contributed by atoms with van der Waals surface area (Å²) < 4.78 is 10.6. The van der Waals surface area contributed by atoms with Crippen molar-refractivity contribution < 1.29 is 14.3 Å². The van der Waals surface area contributed by atoms with E-state index in [0.717, 1.165) is 58.4 Å². The SMILES string of the molecule is CCNC(=NCc1ccccc1CN1CCOCC1)N1CCN(C(=O)OCC)CC1.I. The van der Waals surface area contributed by atoms with Crippen LogP contribution in [0.3, 0.4) is 0 Å². The minimum atomic E-state index is -0.226. The highest BCUT2D eigenvalue weighted by Crippen LogP contribution is 2.15. The van der Waals surface area contributed by atoms with Crippen LogP contribution in [0.2, 0.25) is 0 Å². The largest absolute Gasteiger partial charge is 0.450 e. The van der Waals surface area contributed by atoms with Crippen molar-refractivity contribution in [3.8, 4) is 0 Å². The highest BCUT2D eigenvalue weighted by Gasteiger charge is 2.23. The molecule has 2 aliphatic heterocycles. The van der Waals surface area contributed by atoms with Gasteiger partial charge >= 0.3 is 6.09 Å². The van der Waals surface area contributed by atoms with E-state index in [2.05, 4.69) is 46.3 Å². The van der Waals surface area contributed by atoms with E-state index in [0.29, 0.717) is 26.2 Å². The molecule has 0 atom stereocenters. The number of hydrogen-bond donors (Lipinski definition) is 1. The molecule has 0 unspecified atom stereocenters. The summed E-state index contributed by atoms with van der Waals surface area (Å²) in [7, 11) is 0. The van der Waals surface area contributed by atoms with E-state index in [1.54, 1.807) is 4.90 Å². The third-order valence-electron chi connectivity index (χ3n) is 5.46. The average Bonchev–Trinajstić information content (AvgIpc) is 2.78. The summed E-state index contributed by atoms with van der Waals surface area (Å²) in [6, 6.07) is 8.55. The topological polar surface area (TPSA) is 69.6 Å². The van der Waals surface area contributed by atoms with Gasteiger partial charge in [0.1, 0.15) is 0 Å². The van der Waals surface area contributed by atoms with E-state index in [4.69, 9.17) is 14.5 Å². The molecule has 2 heterocycles. The number of ether oxygens (including phenoxy) is 2. The number of guanidine groups is 1. The van der Waals surface area contributed by atoms with Gasteiger partial charge in [-0.3, -0.25) is 4.90 Å². The third-order valence-corrected chi connectivity index (χ3v) is 5.46. The molecule has 3 rings (SSSR count). The second-order valence-electron chi connectivity index (χ2n) is 7.50. The van der Waals surface area contributed by atoms with Crippen LogP contribution in [0.5, 0.6) is 0 Å². The predicted molar refractivity (Wildman–Crippen MR) is 133 cm³/mol. The fourth-order valence-corrected chi connectivity index (χ4v) is 3.77. The van der Waals surface area contributed by atoms with E-state index in [1.165, 1.54) is 11.1 Å². The second kappa shape index (κ2) is 13.7. The first kappa shape index (κ1) is 25.7. The number of carbonyl (C=O) groups excluding carboxylic acids is 1. The fraction of sp³-hybridized carbons (Fsp3) is 0.636. The maximum atomic E-state index is 11.9. The number of benzene rings is 1. The molecule has 31 heavy (non-hydrogen) atoms. The predicted octanol–water partition coefficient (Wildman–Crippen LogP) is 2.38. The molecule has 8 nitrogen and oxygen atoms in total. The molecule has 2 fully saturated rings. The van der Waals surface area contributed by atoms with Crippen LogP contribution < -0.4 is 5.32 Å². The molecule has 174 valence electrons. The highest BCUT2D eigenvalue weighted by molar-refractivity contribution is 14.0. The van der Waals surface area contributed by atoms with Crippen molar-refractivity contribution in [3.63, 3.8) is 0 Å². The molecule has 9 heteroatoms. The lowest BCUT2D eigenvalue weighted by Gasteiger charge is -2.36. The number of halogens is 1. The van der Waals surface area contributed by atoms with Gasteiger partial charge in [0.05, 0.1) is 26.4 Å². The van der Waals surface area contributed by atoms with Gasteiger partial charge in [0.2, 0.25) is 0 Å². The Morgan fingerprint density at radius 3 is 2.32 bits per heavy atom. The maximum absolute atomic E-state index is 11.9. The molecule has 1 N–H and O–H groups in total. The number of hydrogen-bond acceptors (Lipinski definition) is 5. The van der Waals surface area contributed by atoms with Crippen LogP contribution in [0.1, 0.15) is 25.0 Å². The first-order valence-electron chi connectivity index (χ1n) is 11.0. The fourth-order valence-electron chi connectivity index (χ4n) is 3.77. The summed E-state index contributed by atoms with van der Waals surface area (Å²) in [4.78, 5) is 23.3. The Hall–Kier alpha value is -1.59. The summed E-state index contributed by atoms with van der Waals surface area (Å²) in [5, 5.41) is 3.41. The summed E-state index contributed by atoms with van der Waals surface area (Å²) in [6.07, 6.45) is -0.226. The lowest BCUT2D eigenvalue weighted by Crippen LogP contribution is -2.53. The Morgan fingerprint density at radius 1 is 1.03 bits per heavy atom. The van der Waals surface area contributed by atoms with Crippen LogP contribution in [-0.2, 0) is 22.6 Å². The van der Waals surface area contributed by atoms with E-state index in [9.17, 15) is 4.79 Å². The van der Waals surface area contributed by atoms with Gasteiger partial charge in [0.25, 0.3) is 0 Å². The Balaban J connectivity index is 0.00000341. The summed E-state index contributed by atoms with van der Waals surface area (Å²) in [6.45, 7) is 13.1. The average molecular weight is 545 g/mol. The number of aliphatic imine (C=N–C) groups is 1. The van der Waals surface area contributed by atoms with Crippen molar-refractivity contribution in [2.24, 2.45) is 4.99 Å². The van der Waals surface area contributed by atoms with Crippen LogP contribution >= 0.6 is 24.0 Å². The molecule has 0 radical (unpaired) electrons. The quantitative estimate of drug-likeness (QED) is 0.337. The maximum Gasteiger partial charge on any atom is 0.409 e. The molecule has 2 aliphatic rings. The van der Waals surface area contributed by atoms with E-state index >= 15 is 0 Å². The van der Waals surface area contributed by atoms with Crippen LogP contribution in [0.25, 0.3) is 0 Å². The summed E-state index contributed by atoms with van der Waals surface area (Å²) in [5.74, 6) is 0.905. The van der Waals surface area contributed by atoms with E-state index in [-0.39, 0.29) is 30.1 Å². The molecule has 0 bridgehead atoms. The molecule has 0 saturated carbocycles. The Morgan fingerprint density at radius 2 is 1.68 bits per heavy atom. The van der Waals surface area contributed by atoms with Gasteiger partial charge in [-0.1, -0.05) is 24.3 Å². The van der Waals surface area contributed by atoms with E-state index in [1.807, 2.05) is 6.92 Å². The van der Waals surface area contributed by atoms with Gasteiger partial charge in [-0.05, 0) is 25.0 Å². The van der Waals surface area contributed by atoms with Crippen molar-refractivity contribution in [3.05, 3.63) is 35.4 Å². The van der Waals surface area contributed by atoms with Gasteiger partial charge in [-0.2, -0.15) is 0 Å². The number of nitrogens with zero attached hydrogens (tertiary/aromatic N) is 4. The first-order chi connectivity index (χ1) is 14.7. The minimum absolute atomic E-state index is 0. The lowest BCUT2D eigenvalue weighted by molar-refractivity contribution is 0.0341. The second-order valence-corrected chi connectivity index (χ2v) is 7.50. The molecular formula is C22H36IN5O3. The van der Waals surface area contributed by atoms with Gasteiger partial charge in [-0.25, -0.2) is 9.79 Å². The Bertz CT molecular complexity index is 704. The Labute approximate surface area is 203 Å². The number of carbonyl (C=O) groups is 1. The molecule has 1 aromatic carbocycles. The van der Waals surface area contributed by atoms with Crippen LogP contribution in [0.15, 0.2) is 29.3 Å². The smallest absolute Gasteiger partial charge is 0.409 e. The van der Waals surface area contributed by atoms with Crippen LogP contribution in [0, 0.1) is 0 Å². The Kier molecular flexibility index (Phi) is 11.4. The van der Waals surface area contributed by atoms with Crippen molar-refractivity contribution in [1.82, 2.24) is 20.0 Å². The van der Waals surface area contributed by atoms with Crippen molar-refractivity contribution in [2.75, 3.05) is 65.6 Å². The van der Waals surface area contributed by atoms with Crippen LogP contribution in [-0.4, -0.2) is 92.4 Å². The monoisotopic (exact) mass is 545 g/mol. The molecular weight excluding hydrogens is 509 g/mol. The van der Waals surface area contributed by atoms with Crippen molar-refractivity contribution in [1.29, 1.82) is 0 Å². The van der Waals surface area contributed by atoms with Crippen LogP contribution in [0.4, 0.5) is 4.79 Å².